The number of aromatic nitrogens is 6. The van der Waals surface area contributed by atoms with E-state index in [4.69, 9.17) is 53.8 Å². The first-order valence-corrected chi connectivity index (χ1v) is 33.1. The number of aryl methyl sites for hydroxylation is 3. The maximum Gasteiger partial charge on any atom is 0.302 e. The summed E-state index contributed by atoms with van der Waals surface area (Å²) < 4.78 is 25.8. The lowest BCUT2D eigenvalue weighted by atomic mass is 10.0. The molecule has 0 atom stereocenters. The molecule has 3 aromatic heterocycles. The molecule has 0 unspecified atom stereocenters. The van der Waals surface area contributed by atoms with Gasteiger partial charge in [-0.2, -0.15) is 15.3 Å². The van der Waals surface area contributed by atoms with Crippen molar-refractivity contribution in [3.05, 3.63) is 222 Å². The number of hydrogen-bond donors (Lipinski definition) is 4. The number of amides is 3. The highest BCUT2D eigenvalue weighted by molar-refractivity contribution is 6.31. The van der Waals surface area contributed by atoms with Crippen LogP contribution in [0.2, 0.25) is 15.1 Å². The van der Waals surface area contributed by atoms with Crippen LogP contribution in [0.3, 0.4) is 0 Å². The molecular weight excluding hydrogens is 1340 g/mol. The standard InChI is InChI=1S/C25H27ClN4O5.C23H25ClN4O4.C23H23ClN4O4/c1-16(31)35-15-19-11-18(14-30-7-9-34-10-8-30)12-21-23(19)29(2)28-22(24(21)32)25(33)27-13-17-3-5-20(26)6-4-17;2*1-27-21-17(14-29)10-16(13-28-6-8-32-9-7-28)11-19(21)22(30)20(26-27)23(31)25-12-15-2-4-18(24)5-3-15/h3-6,11-12H,7-10,13-15H2,1-2H3,(H,27,33);2-5,10-11,29H,6-9,12-14H2,1H3,(H,25,31);2-5,10-11,14H,6-9,12-13H2,1H3,(H,25,31). The molecule has 6 aromatic carbocycles. The van der Waals surface area contributed by atoms with Crippen molar-refractivity contribution in [3.8, 4) is 0 Å². The van der Waals surface area contributed by atoms with Gasteiger partial charge in [0.1, 0.15) is 6.61 Å². The molecule has 12 rings (SSSR count). The van der Waals surface area contributed by atoms with Gasteiger partial charge in [-0.3, -0.25) is 67.1 Å². The van der Waals surface area contributed by atoms with E-state index in [-0.39, 0.29) is 49.9 Å². The van der Waals surface area contributed by atoms with Gasteiger partial charge in [-0.25, -0.2) is 0 Å². The van der Waals surface area contributed by atoms with Crippen LogP contribution in [0.5, 0.6) is 0 Å². The van der Waals surface area contributed by atoms with Gasteiger partial charge in [0.25, 0.3) is 17.7 Å². The highest BCUT2D eigenvalue weighted by Crippen LogP contribution is 2.25. The summed E-state index contributed by atoms with van der Waals surface area (Å²) in [4.78, 5) is 108. The van der Waals surface area contributed by atoms with Gasteiger partial charge in [-0.05, 0) is 100 Å². The third kappa shape index (κ3) is 18.8. The SMILES string of the molecule is CC(=O)OCc1cc(CN2CCOCC2)cc2c(=O)c(C(=O)NCc3ccc(Cl)cc3)nn(C)c12.Cn1nc(C(=O)NCc2ccc(Cl)cc2)c(=O)c2cc(CN3CCOCC3)cc(C=O)c21.Cn1nc(C(=O)NCc2ccc(Cl)cc2)c(=O)c2cc(CN3CCOCC3)cc(CO)c21. The summed E-state index contributed by atoms with van der Waals surface area (Å²) in [6.07, 6.45) is 0.715. The number of morpholine rings is 3. The van der Waals surface area contributed by atoms with E-state index in [1.807, 2.05) is 12.1 Å². The van der Waals surface area contributed by atoms with Crippen molar-refractivity contribution in [2.24, 2.45) is 21.1 Å². The number of hydrogen-bond acceptors (Lipinski definition) is 19. The molecule has 4 N–H and O–H groups in total. The quantitative estimate of drug-likeness (QED) is 0.0502. The molecule has 99 heavy (non-hydrogen) atoms. The second-order valence-electron chi connectivity index (χ2n) is 23.9. The van der Waals surface area contributed by atoms with Crippen LogP contribution in [0.25, 0.3) is 32.7 Å². The molecular formula is C71H75Cl3N12O13. The molecule has 9 aromatic rings. The van der Waals surface area contributed by atoms with Crippen molar-refractivity contribution < 1.29 is 48.0 Å². The molecule has 0 radical (unpaired) electrons. The van der Waals surface area contributed by atoms with Gasteiger partial charge in [0, 0.05) is 138 Å². The van der Waals surface area contributed by atoms with Crippen LogP contribution >= 0.6 is 34.8 Å². The van der Waals surface area contributed by atoms with Crippen molar-refractivity contribution in [2.75, 3.05) is 78.9 Å². The fraction of sp³-hybridized carbons (Fsp3) is 0.338. The number of ether oxygens (including phenoxy) is 4. The van der Waals surface area contributed by atoms with E-state index in [0.717, 1.165) is 72.6 Å². The first kappa shape index (κ1) is 72.6. The highest BCUT2D eigenvalue weighted by Gasteiger charge is 2.25. The number of esters is 1. The molecule has 0 bridgehead atoms. The smallest absolute Gasteiger partial charge is 0.302 e. The highest BCUT2D eigenvalue weighted by atomic mass is 35.5. The number of carbonyl (C=O) groups excluding carboxylic acids is 5. The zero-order valence-corrected chi connectivity index (χ0v) is 57.4. The second-order valence-corrected chi connectivity index (χ2v) is 25.2. The minimum absolute atomic E-state index is 0.000145. The van der Waals surface area contributed by atoms with Gasteiger partial charge >= 0.3 is 5.97 Å². The normalized spacial score (nSPS) is 14.4. The summed E-state index contributed by atoms with van der Waals surface area (Å²) in [5.74, 6) is -2.12. The number of nitrogens with one attached hydrogen (secondary N) is 3. The number of fused-ring (bicyclic) bond motifs is 3. The lowest BCUT2D eigenvalue weighted by Gasteiger charge is -2.27. The molecule has 3 aliphatic heterocycles. The van der Waals surface area contributed by atoms with Crippen molar-refractivity contribution in [3.63, 3.8) is 0 Å². The Morgan fingerprint density at radius 1 is 0.475 bits per heavy atom. The van der Waals surface area contributed by atoms with Crippen LogP contribution in [0.1, 0.15) is 93.3 Å². The Bertz CT molecular complexity index is 4630. The number of carbonyl (C=O) groups is 5. The number of halogens is 3. The third-order valence-corrected chi connectivity index (χ3v) is 17.6. The number of nitrogens with zero attached hydrogens (tertiary/aromatic N) is 9. The Labute approximate surface area is 584 Å². The lowest BCUT2D eigenvalue weighted by molar-refractivity contribution is -0.142. The van der Waals surface area contributed by atoms with E-state index in [9.17, 15) is 43.5 Å². The van der Waals surface area contributed by atoms with E-state index in [1.165, 1.54) is 21.0 Å². The molecule has 0 spiro atoms. The molecule has 0 saturated carbocycles. The Balaban J connectivity index is 0.000000161. The summed E-state index contributed by atoms with van der Waals surface area (Å²) in [6.45, 7) is 12.3. The minimum atomic E-state index is -0.575. The van der Waals surface area contributed by atoms with E-state index >= 15 is 0 Å². The van der Waals surface area contributed by atoms with Crippen LogP contribution in [-0.2, 0) is 97.4 Å². The molecule has 25 nitrogen and oxygen atoms in total. The van der Waals surface area contributed by atoms with E-state index in [0.29, 0.717) is 130 Å². The van der Waals surface area contributed by atoms with Gasteiger partial charge < -0.3 is 40.0 Å². The molecule has 3 saturated heterocycles. The van der Waals surface area contributed by atoms with E-state index in [2.05, 4.69) is 45.9 Å². The van der Waals surface area contributed by atoms with Gasteiger partial charge in [0.2, 0.25) is 16.3 Å². The predicted octanol–water partition coefficient (Wildman–Crippen LogP) is 6.42. The first-order chi connectivity index (χ1) is 47.7. The van der Waals surface area contributed by atoms with Crippen LogP contribution in [0.4, 0.5) is 0 Å². The van der Waals surface area contributed by atoms with Gasteiger partial charge in [0.15, 0.2) is 23.4 Å². The first-order valence-electron chi connectivity index (χ1n) is 32.0. The average molecular weight is 1410 g/mol. The second kappa shape index (κ2) is 34.1. The number of aliphatic hydroxyl groups is 1. The minimum Gasteiger partial charge on any atom is -0.461 e. The fourth-order valence-corrected chi connectivity index (χ4v) is 12.3. The fourth-order valence-electron chi connectivity index (χ4n) is 11.9. The molecule has 28 heteroatoms. The zero-order chi connectivity index (χ0) is 70.3. The largest absolute Gasteiger partial charge is 0.461 e. The molecule has 3 amide bonds. The van der Waals surface area contributed by atoms with E-state index < -0.39 is 40.0 Å². The van der Waals surface area contributed by atoms with Crippen LogP contribution in [-0.4, -0.2) is 158 Å². The Hall–Kier alpha value is -9.12. The van der Waals surface area contributed by atoms with Crippen molar-refractivity contribution >= 4 is 97.5 Å². The van der Waals surface area contributed by atoms with Crippen LogP contribution < -0.4 is 32.2 Å². The summed E-state index contributed by atoms with van der Waals surface area (Å²) in [5, 5.41) is 33.6. The number of benzene rings is 6. The molecule has 3 aliphatic rings. The maximum atomic E-state index is 13.4. The Morgan fingerprint density at radius 2 is 0.788 bits per heavy atom. The van der Waals surface area contributed by atoms with Crippen molar-refractivity contribution in [1.82, 2.24) is 60.0 Å². The third-order valence-electron chi connectivity index (χ3n) is 16.8. The Kier molecular flexibility index (Phi) is 25.0. The molecule has 518 valence electrons. The van der Waals surface area contributed by atoms with Gasteiger partial charge in [-0.1, -0.05) is 77.3 Å². The molecule has 6 heterocycles. The topological polar surface area (TPSA) is 293 Å². The predicted molar refractivity (Wildman–Crippen MR) is 374 cm³/mol. The number of aliphatic hydroxyl groups excluding tert-OH is 1. The Morgan fingerprint density at radius 3 is 1.12 bits per heavy atom. The van der Waals surface area contributed by atoms with Crippen molar-refractivity contribution in [2.45, 2.75) is 59.4 Å². The zero-order valence-electron chi connectivity index (χ0n) is 55.1. The number of rotatable bonds is 19. The molecule has 3 fully saturated rings. The number of aldehydes is 1. The van der Waals surface area contributed by atoms with Crippen LogP contribution in [0, 0.1) is 0 Å². The lowest BCUT2D eigenvalue weighted by Crippen LogP contribution is -2.35. The summed E-state index contributed by atoms with van der Waals surface area (Å²) in [5.41, 5.74) is 6.23. The molecule has 0 aliphatic carbocycles. The summed E-state index contributed by atoms with van der Waals surface area (Å²) in [7, 11) is 4.95. The van der Waals surface area contributed by atoms with Gasteiger partial charge in [-0.15, -0.1) is 0 Å². The maximum absolute atomic E-state index is 13.4. The van der Waals surface area contributed by atoms with Gasteiger partial charge in [0.05, 0.1) is 79.0 Å². The average Bonchev–Trinajstić information content (AvgIpc) is 0.781. The monoisotopic (exact) mass is 1410 g/mol. The summed E-state index contributed by atoms with van der Waals surface area (Å²) >= 11 is 17.7. The van der Waals surface area contributed by atoms with E-state index in [1.54, 1.807) is 118 Å². The van der Waals surface area contributed by atoms with Crippen LogP contribution in [0.15, 0.2) is 124 Å². The summed E-state index contributed by atoms with van der Waals surface area (Å²) in [6, 6.07) is 32.1. The van der Waals surface area contributed by atoms with Crippen molar-refractivity contribution in [1.29, 1.82) is 0 Å².